The second kappa shape index (κ2) is 13.7. The Balaban J connectivity index is 0.975. The molecule has 270 valence electrons. The Morgan fingerprint density at radius 3 is 1.41 bits per heavy atom. The van der Waals surface area contributed by atoms with E-state index in [9.17, 15) is 9.59 Å². The second-order valence-corrected chi connectivity index (χ2v) is 15.8. The van der Waals surface area contributed by atoms with Gasteiger partial charge in [0.1, 0.15) is 12.6 Å². The third kappa shape index (κ3) is 7.78. The molecule has 3 aliphatic heterocycles. The Bertz CT molecular complexity index is 1740. The Kier molecular flexibility index (Phi) is 8.99. The third-order valence-electron chi connectivity index (χ3n) is 9.61. The maximum Gasteiger partial charge on any atom is 0.410 e. The number of nitrogens with zero attached hydrogens (tertiary/aromatic N) is 6. The number of hydrogen-bond acceptors (Lipinski definition) is 9. The first-order valence-corrected chi connectivity index (χ1v) is 18.1. The number of aromatic amines is 2. The minimum absolute atomic E-state index is 0.0407. The van der Waals surface area contributed by atoms with E-state index in [0.717, 1.165) is 60.8 Å². The van der Waals surface area contributed by atoms with Crippen LogP contribution in [0.15, 0.2) is 48.5 Å². The van der Waals surface area contributed by atoms with Crippen molar-refractivity contribution in [3.05, 3.63) is 71.3 Å². The lowest BCUT2D eigenvalue weighted by Crippen LogP contribution is -2.36. The molecule has 3 fully saturated rings. The molecule has 2 aromatic heterocycles. The summed E-state index contributed by atoms with van der Waals surface area (Å²) in [7, 11) is 0. The van der Waals surface area contributed by atoms with Crippen LogP contribution in [0.3, 0.4) is 0 Å². The molecule has 4 unspecified atom stereocenters. The van der Waals surface area contributed by atoms with Crippen LogP contribution < -0.4 is 5.31 Å². The lowest BCUT2D eigenvalue weighted by atomic mass is 10.0. The van der Waals surface area contributed by atoms with Crippen molar-refractivity contribution >= 4 is 12.2 Å². The first kappa shape index (κ1) is 33.4. The zero-order chi connectivity index (χ0) is 36.8. The monoisotopic (exact) mass is 696 g/mol. The van der Waals surface area contributed by atoms with E-state index in [4.69, 9.17) is 10.9 Å². The predicted molar refractivity (Wildman–Crippen MR) is 191 cm³/mol. The van der Waals surface area contributed by atoms with Gasteiger partial charge < -0.3 is 24.8 Å². The van der Waals surface area contributed by atoms with Gasteiger partial charge in [0, 0.05) is 36.3 Å². The van der Waals surface area contributed by atoms with Crippen molar-refractivity contribution in [3.8, 4) is 22.8 Å². The lowest BCUT2D eigenvalue weighted by Gasteiger charge is -2.27. The van der Waals surface area contributed by atoms with Gasteiger partial charge in [-0.3, -0.25) is 9.80 Å². The average molecular weight is 697 g/mol. The van der Waals surface area contributed by atoms with Gasteiger partial charge in [-0.15, -0.1) is 20.4 Å². The highest BCUT2D eigenvalue weighted by Crippen LogP contribution is 2.37. The molecule has 5 heterocycles. The van der Waals surface area contributed by atoms with Crippen LogP contribution in [-0.2, 0) is 9.47 Å². The summed E-state index contributed by atoms with van der Waals surface area (Å²) in [5.74, 6) is 2.61. The summed E-state index contributed by atoms with van der Waals surface area (Å²) in [6.07, 6.45) is 4.43. The quantitative estimate of drug-likeness (QED) is 0.185. The van der Waals surface area contributed by atoms with Crippen LogP contribution in [0.2, 0.25) is 1.41 Å². The van der Waals surface area contributed by atoms with Gasteiger partial charge in [0.05, 0.1) is 12.1 Å². The minimum atomic E-state index is -0.564. The molecule has 51 heavy (non-hydrogen) atoms. The summed E-state index contributed by atoms with van der Waals surface area (Å²) in [6, 6.07) is 15.8. The number of likely N-dealkylation sites (tertiary alicyclic amines) is 2. The molecule has 7 rings (SSSR count). The Labute approximate surface area is 300 Å². The van der Waals surface area contributed by atoms with E-state index in [1.165, 1.54) is 0 Å². The molecule has 2 amide bonds. The van der Waals surface area contributed by atoms with Crippen LogP contribution in [-0.4, -0.2) is 76.6 Å². The van der Waals surface area contributed by atoms with Gasteiger partial charge >= 0.3 is 12.2 Å². The molecule has 3 N–H and O–H groups in total. The maximum atomic E-state index is 12.8. The molecule has 4 atom stereocenters. The number of aromatic nitrogens is 6. The van der Waals surface area contributed by atoms with Gasteiger partial charge in [-0.1, -0.05) is 48.5 Å². The highest BCUT2D eigenvalue weighted by Gasteiger charge is 2.37. The highest BCUT2D eigenvalue weighted by atomic mass is 16.6. The summed E-state index contributed by atoms with van der Waals surface area (Å²) in [6.45, 7) is 12.5. The SMILES string of the molecule is [2H]N1C(c2ccc(-c3nnc(C4CCCN4C(=O)OC(C)(C)C)[nH]3)cc2)CCC1c1ccc(-c2nnc(C3CCCN3C(=O)OC(C)(C)C)[nH]2)cc1. The number of ether oxygens (including phenoxy) is 2. The van der Waals surface area contributed by atoms with Crippen LogP contribution in [0.5, 0.6) is 0 Å². The number of rotatable bonds is 6. The first-order valence-electron chi connectivity index (χ1n) is 18.5. The van der Waals surface area contributed by atoms with Crippen molar-refractivity contribution < 1.29 is 20.5 Å². The standard InChI is InChI=1S/C38H49N9O4/c1-37(2,3)50-35(48)46-21-7-9-29(46)33-40-31(42-44-33)25-15-11-23(12-16-25)27-19-20-28(39-27)24-13-17-26(18-14-24)32-41-34(45-43-32)30-10-8-22-47(30)36(49)51-38(4,5)6/h11-18,27-30,39H,7-10,19-22H2,1-6H3,(H,40,42,44)(H,41,43,45)/i/hD. The molecule has 0 aliphatic carbocycles. The normalized spacial score (nSPS) is 23.1. The fraction of sp³-hybridized carbons (Fsp3) is 0.526. The Hall–Kier alpha value is -4.78. The smallest absolute Gasteiger partial charge is 0.410 e. The minimum Gasteiger partial charge on any atom is -0.444 e. The van der Waals surface area contributed by atoms with E-state index < -0.39 is 11.2 Å². The number of H-pyrrole nitrogens is 2. The number of carbonyl (C=O) groups excluding carboxylic acids is 2. The summed E-state index contributed by atoms with van der Waals surface area (Å²) in [4.78, 5) is 35.7. The topological polar surface area (TPSA) is 154 Å². The molecule has 0 radical (unpaired) electrons. The van der Waals surface area contributed by atoms with Gasteiger partial charge in [0.25, 0.3) is 0 Å². The number of amides is 2. The molecule has 3 saturated heterocycles. The fourth-order valence-electron chi connectivity index (χ4n) is 7.20. The largest absolute Gasteiger partial charge is 0.444 e. The first-order chi connectivity index (χ1) is 24.7. The molecule has 13 nitrogen and oxygen atoms in total. The predicted octanol–water partition coefficient (Wildman–Crippen LogP) is 7.57. The third-order valence-corrected chi connectivity index (χ3v) is 9.61. The molecule has 3 aliphatic rings. The molecule has 0 spiro atoms. The number of nitrogens with one attached hydrogen (secondary N) is 3. The van der Waals surface area contributed by atoms with Crippen LogP contribution >= 0.6 is 0 Å². The van der Waals surface area contributed by atoms with E-state index in [2.05, 4.69) is 54.6 Å². The van der Waals surface area contributed by atoms with Crippen molar-refractivity contribution in [3.63, 3.8) is 0 Å². The zero-order valence-corrected chi connectivity index (χ0v) is 30.3. The Morgan fingerprint density at radius 1 is 0.647 bits per heavy atom. The lowest BCUT2D eigenvalue weighted by molar-refractivity contribution is 0.0208. The summed E-state index contributed by atoms with van der Waals surface area (Å²) < 4.78 is 20.3. The summed E-state index contributed by atoms with van der Waals surface area (Å²) in [5.41, 5.74) is 2.81. The van der Waals surface area contributed by atoms with E-state index in [0.29, 0.717) is 36.4 Å². The summed E-state index contributed by atoms with van der Waals surface area (Å²) in [5, 5.41) is 19.3. The van der Waals surface area contributed by atoms with E-state index in [1.54, 1.807) is 15.1 Å². The number of benzene rings is 2. The van der Waals surface area contributed by atoms with Crippen LogP contribution in [0, 0.1) is 0 Å². The second-order valence-electron chi connectivity index (χ2n) is 15.8. The molecule has 4 aromatic rings. The van der Waals surface area contributed by atoms with Gasteiger partial charge in [-0.25, -0.2) is 9.59 Å². The molecule has 0 bridgehead atoms. The molecular formula is C38H49N9O4. The molecular weight excluding hydrogens is 646 g/mol. The van der Waals surface area contributed by atoms with Crippen LogP contribution in [0.25, 0.3) is 22.8 Å². The van der Waals surface area contributed by atoms with Gasteiger partial charge in [0.15, 0.2) is 23.3 Å². The van der Waals surface area contributed by atoms with Gasteiger partial charge in [-0.05, 0) is 91.2 Å². The highest BCUT2D eigenvalue weighted by molar-refractivity contribution is 5.70. The number of carbonyl (C=O) groups is 2. The van der Waals surface area contributed by atoms with Gasteiger partial charge in [0.2, 0.25) is 0 Å². The van der Waals surface area contributed by atoms with Crippen molar-refractivity contribution in [1.82, 2.24) is 45.5 Å². The van der Waals surface area contributed by atoms with Gasteiger partial charge in [-0.2, -0.15) is 0 Å². The van der Waals surface area contributed by atoms with Crippen LogP contribution in [0.1, 0.15) is 127 Å². The van der Waals surface area contributed by atoms with Crippen molar-refractivity contribution in [2.45, 2.75) is 115 Å². The van der Waals surface area contributed by atoms with Crippen LogP contribution in [0.4, 0.5) is 9.59 Å². The van der Waals surface area contributed by atoms with E-state index in [1.807, 2.05) is 65.8 Å². The number of hydrogen-bond donors (Lipinski definition) is 3. The van der Waals surface area contributed by atoms with Crippen molar-refractivity contribution in [1.29, 1.82) is 0 Å². The average Bonchev–Trinajstić information content (AvgIpc) is 3.93. The summed E-state index contributed by atoms with van der Waals surface area (Å²) >= 11 is 0. The fourth-order valence-corrected chi connectivity index (χ4v) is 7.20. The van der Waals surface area contributed by atoms with E-state index >= 15 is 0 Å². The molecule has 2 aromatic carbocycles. The van der Waals surface area contributed by atoms with E-state index in [-0.39, 0.29) is 36.4 Å². The molecule has 13 heteroatoms. The Morgan fingerprint density at radius 2 is 1.04 bits per heavy atom. The maximum absolute atomic E-state index is 12.8. The molecule has 0 saturated carbocycles. The zero-order valence-electron chi connectivity index (χ0n) is 31.3. The van der Waals surface area contributed by atoms with Crippen molar-refractivity contribution in [2.75, 3.05) is 13.1 Å². The van der Waals surface area contributed by atoms with Crippen molar-refractivity contribution in [2.24, 2.45) is 0 Å².